The van der Waals surface area contributed by atoms with Crippen LogP contribution in [0.5, 0.6) is 0 Å². The van der Waals surface area contributed by atoms with Gasteiger partial charge < -0.3 is 0 Å². The predicted molar refractivity (Wildman–Crippen MR) is 55.6 cm³/mol. The first kappa shape index (κ1) is 8.38. The molecule has 2 rings (SSSR count). The summed E-state index contributed by atoms with van der Waals surface area (Å²) in [5, 5.41) is 5.01. The van der Waals surface area contributed by atoms with Crippen LogP contribution < -0.4 is 0 Å². The molecule has 0 spiro atoms. The highest BCUT2D eigenvalue weighted by molar-refractivity contribution is 7.80. The smallest absolute Gasteiger partial charge is 0.0968 e. The van der Waals surface area contributed by atoms with E-state index in [4.69, 9.17) is 0 Å². The van der Waals surface area contributed by atoms with E-state index in [9.17, 15) is 0 Å². The summed E-state index contributed by atoms with van der Waals surface area (Å²) in [7, 11) is 0. The number of nitrogens with zero attached hydrogens (tertiary/aromatic N) is 2. The van der Waals surface area contributed by atoms with Crippen LogP contribution in [0, 0.1) is 6.92 Å². The minimum absolute atomic E-state index is 0.851. The van der Waals surface area contributed by atoms with E-state index >= 15 is 0 Å². The Morgan fingerprint density at radius 1 is 1.15 bits per heavy atom. The molecule has 0 N–H and O–H groups in total. The van der Waals surface area contributed by atoms with E-state index in [1.54, 1.807) is 10.9 Å². The average molecular weight is 190 g/mol. The summed E-state index contributed by atoms with van der Waals surface area (Å²) in [4.78, 5) is 0. The number of benzene rings is 1. The van der Waals surface area contributed by atoms with Gasteiger partial charge in [-0.1, -0.05) is 17.7 Å². The van der Waals surface area contributed by atoms with Crippen molar-refractivity contribution in [3.05, 3.63) is 42.1 Å². The van der Waals surface area contributed by atoms with Gasteiger partial charge in [-0.05, 0) is 25.1 Å². The van der Waals surface area contributed by atoms with Crippen molar-refractivity contribution in [2.24, 2.45) is 0 Å². The van der Waals surface area contributed by atoms with Crippen LogP contribution in [0.3, 0.4) is 0 Å². The zero-order valence-corrected chi connectivity index (χ0v) is 8.20. The van der Waals surface area contributed by atoms with Crippen molar-refractivity contribution in [3.63, 3.8) is 0 Å². The predicted octanol–water partition coefficient (Wildman–Crippen LogP) is 2.47. The molecule has 0 radical (unpaired) electrons. The maximum absolute atomic E-state index is 4.29. The van der Waals surface area contributed by atoms with Crippen LogP contribution in [0.1, 0.15) is 5.56 Å². The second-order valence-corrected chi connectivity index (χ2v) is 3.39. The lowest BCUT2D eigenvalue weighted by atomic mass is 10.2. The number of hydrogen-bond donors (Lipinski definition) is 1. The SMILES string of the molecule is Cc1ccc(-n2nccc2S)cc1. The molecular formula is C10H10N2S. The number of thiol groups is 1. The number of aryl methyl sites for hydroxylation is 1. The lowest BCUT2D eigenvalue weighted by molar-refractivity contribution is 0.806. The van der Waals surface area contributed by atoms with Crippen LogP contribution >= 0.6 is 12.6 Å². The molecule has 2 nitrogen and oxygen atoms in total. The Morgan fingerprint density at radius 3 is 2.38 bits per heavy atom. The molecule has 66 valence electrons. The molecule has 0 saturated carbocycles. The molecule has 0 aliphatic carbocycles. The van der Waals surface area contributed by atoms with Crippen molar-refractivity contribution in [2.45, 2.75) is 11.9 Å². The van der Waals surface area contributed by atoms with Gasteiger partial charge in [-0.25, -0.2) is 4.68 Å². The summed E-state index contributed by atoms with van der Waals surface area (Å²) in [5.74, 6) is 0. The molecule has 1 heterocycles. The van der Waals surface area contributed by atoms with Crippen molar-refractivity contribution >= 4 is 12.6 Å². The lowest BCUT2D eigenvalue weighted by Crippen LogP contribution is -1.95. The van der Waals surface area contributed by atoms with Crippen LogP contribution in [0.2, 0.25) is 0 Å². The van der Waals surface area contributed by atoms with E-state index in [-0.39, 0.29) is 0 Å². The standard InChI is InChI=1S/C10H10N2S/c1-8-2-4-9(5-3-8)12-10(13)6-7-11-12/h2-7,13H,1H3. The van der Waals surface area contributed by atoms with Crippen LogP contribution in [0.15, 0.2) is 41.6 Å². The van der Waals surface area contributed by atoms with Gasteiger partial charge >= 0.3 is 0 Å². The molecule has 1 aromatic heterocycles. The van der Waals surface area contributed by atoms with Crippen molar-refractivity contribution < 1.29 is 0 Å². The summed E-state index contributed by atoms with van der Waals surface area (Å²) in [6.45, 7) is 2.06. The van der Waals surface area contributed by atoms with Gasteiger partial charge in [0, 0.05) is 0 Å². The first-order valence-electron chi connectivity index (χ1n) is 4.07. The fourth-order valence-electron chi connectivity index (χ4n) is 1.18. The van der Waals surface area contributed by atoms with Gasteiger partial charge in [-0.15, -0.1) is 12.6 Å². The number of aromatic nitrogens is 2. The molecule has 0 aliphatic heterocycles. The fourth-order valence-corrected chi connectivity index (χ4v) is 1.42. The van der Waals surface area contributed by atoms with Crippen molar-refractivity contribution in [3.8, 4) is 5.69 Å². The first-order valence-corrected chi connectivity index (χ1v) is 4.52. The molecule has 3 heteroatoms. The largest absolute Gasteiger partial charge is 0.228 e. The minimum Gasteiger partial charge on any atom is -0.228 e. The summed E-state index contributed by atoms with van der Waals surface area (Å²) < 4.78 is 1.79. The maximum atomic E-state index is 4.29. The van der Waals surface area contributed by atoms with Crippen molar-refractivity contribution in [2.75, 3.05) is 0 Å². The Hall–Kier alpha value is -1.22. The number of hydrogen-bond acceptors (Lipinski definition) is 2. The zero-order valence-electron chi connectivity index (χ0n) is 7.31. The van der Waals surface area contributed by atoms with Crippen LogP contribution in [-0.4, -0.2) is 9.78 Å². The Morgan fingerprint density at radius 2 is 1.85 bits per heavy atom. The molecule has 2 aromatic rings. The van der Waals surface area contributed by atoms with E-state index in [2.05, 4.69) is 36.8 Å². The van der Waals surface area contributed by atoms with E-state index < -0.39 is 0 Å². The second kappa shape index (κ2) is 3.26. The van der Waals surface area contributed by atoms with Crippen molar-refractivity contribution in [1.29, 1.82) is 0 Å². The quantitative estimate of drug-likeness (QED) is 0.684. The molecule has 0 unspecified atom stereocenters. The summed E-state index contributed by atoms with van der Waals surface area (Å²) in [6.07, 6.45) is 1.74. The normalized spacial score (nSPS) is 10.3. The third-order valence-electron chi connectivity index (χ3n) is 1.90. The molecule has 0 bridgehead atoms. The molecule has 0 atom stereocenters. The van der Waals surface area contributed by atoms with E-state index in [0.717, 1.165) is 10.7 Å². The maximum Gasteiger partial charge on any atom is 0.0968 e. The first-order chi connectivity index (χ1) is 6.27. The summed E-state index contributed by atoms with van der Waals surface area (Å²) >= 11 is 4.29. The third-order valence-corrected chi connectivity index (χ3v) is 2.24. The summed E-state index contributed by atoms with van der Waals surface area (Å²) in [6, 6.07) is 10.0. The van der Waals surface area contributed by atoms with E-state index in [0.29, 0.717) is 0 Å². The van der Waals surface area contributed by atoms with Gasteiger partial charge in [0.05, 0.1) is 16.9 Å². The molecular weight excluding hydrogens is 180 g/mol. The van der Waals surface area contributed by atoms with Gasteiger partial charge in [-0.2, -0.15) is 5.10 Å². The van der Waals surface area contributed by atoms with Gasteiger partial charge in [0.2, 0.25) is 0 Å². The fraction of sp³-hybridized carbons (Fsp3) is 0.100. The molecule has 0 saturated heterocycles. The van der Waals surface area contributed by atoms with Crippen LogP contribution in [0.25, 0.3) is 5.69 Å². The highest BCUT2D eigenvalue weighted by Crippen LogP contribution is 2.13. The van der Waals surface area contributed by atoms with Gasteiger partial charge in [0.15, 0.2) is 0 Å². The topological polar surface area (TPSA) is 17.8 Å². The molecule has 0 fully saturated rings. The van der Waals surface area contributed by atoms with Crippen molar-refractivity contribution in [1.82, 2.24) is 9.78 Å². The Labute approximate surface area is 82.6 Å². The van der Waals surface area contributed by atoms with Gasteiger partial charge in [-0.3, -0.25) is 0 Å². The van der Waals surface area contributed by atoms with E-state index in [1.807, 2.05) is 18.2 Å². The summed E-state index contributed by atoms with van der Waals surface area (Å²) in [5.41, 5.74) is 2.29. The highest BCUT2D eigenvalue weighted by atomic mass is 32.1. The minimum atomic E-state index is 0.851. The number of rotatable bonds is 1. The Bertz CT molecular complexity index is 403. The molecule has 0 amide bonds. The average Bonchev–Trinajstić information content (AvgIpc) is 2.53. The van der Waals surface area contributed by atoms with Gasteiger partial charge in [0.25, 0.3) is 0 Å². The monoisotopic (exact) mass is 190 g/mol. The molecule has 0 aliphatic rings. The van der Waals surface area contributed by atoms with Crippen LogP contribution in [-0.2, 0) is 0 Å². The molecule has 1 aromatic carbocycles. The van der Waals surface area contributed by atoms with Crippen LogP contribution in [0.4, 0.5) is 0 Å². The lowest BCUT2D eigenvalue weighted by Gasteiger charge is -2.03. The third kappa shape index (κ3) is 1.60. The Kier molecular flexibility index (Phi) is 2.10. The Balaban J connectivity index is 2.47. The second-order valence-electron chi connectivity index (χ2n) is 2.94. The highest BCUT2D eigenvalue weighted by Gasteiger charge is 1.99. The zero-order chi connectivity index (χ0) is 9.26. The molecule has 13 heavy (non-hydrogen) atoms. The van der Waals surface area contributed by atoms with Gasteiger partial charge in [0.1, 0.15) is 0 Å². The van der Waals surface area contributed by atoms with E-state index in [1.165, 1.54) is 5.56 Å².